The Hall–Kier alpha value is -4.80. The number of ether oxygens (including phenoxy) is 2. The van der Waals surface area contributed by atoms with Crippen molar-refractivity contribution in [2.24, 2.45) is 0 Å². The molecule has 1 aliphatic rings. The van der Waals surface area contributed by atoms with Gasteiger partial charge in [0, 0.05) is 31.3 Å². The molecule has 1 saturated heterocycles. The molecule has 0 atom stereocenters. The van der Waals surface area contributed by atoms with E-state index in [0.29, 0.717) is 40.8 Å². The van der Waals surface area contributed by atoms with Crippen LogP contribution in [0, 0.1) is 5.82 Å². The second-order valence-electron chi connectivity index (χ2n) is 11.3. The van der Waals surface area contributed by atoms with E-state index in [-0.39, 0.29) is 18.2 Å². The maximum absolute atomic E-state index is 13.9. The SMILES string of the molecule is CC(C)(C)OC(=O)n1c(N2CCCCC2)nc(-c2ccc(F)cc2)c1-c1ccnc(Oc2ccc(CCC(=O)O)cc2)n1. The quantitative estimate of drug-likeness (QED) is 0.239. The van der Waals surface area contributed by atoms with Crippen LogP contribution in [0.2, 0.25) is 0 Å². The first kappa shape index (κ1) is 29.7. The first-order chi connectivity index (χ1) is 20.6. The Morgan fingerprint density at radius 2 is 1.65 bits per heavy atom. The summed E-state index contributed by atoms with van der Waals surface area (Å²) in [5.74, 6) is -0.356. The Morgan fingerprint density at radius 1 is 0.953 bits per heavy atom. The molecule has 0 aliphatic carbocycles. The molecule has 2 aromatic carbocycles. The van der Waals surface area contributed by atoms with Crippen LogP contribution in [0.25, 0.3) is 22.6 Å². The molecule has 224 valence electrons. The minimum atomic E-state index is -0.861. The molecule has 0 bridgehead atoms. The minimum Gasteiger partial charge on any atom is -0.481 e. The van der Waals surface area contributed by atoms with Crippen molar-refractivity contribution in [2.45, 2.75) is 58.5 Å². The molecule has 0 unspecified atom stereocenters. The van der Waals surface area contributed by atoms with E-state index >= 15 is 0 Å². The van der Waals surface area contributed by atoms with Crippen LogP contribution in [0.4, 0.5) is 15.1 Å². The maximum atomic E-state index is 13.9. The number of rotatable bonds is 8. The van der Waals surface area contributed by atoms with Crippen molar-refractivity contribution < 1.29 is 28.6 Å². The molecule has 1 N–H and O–H groups in total. The van der Waals surface area contributed by atoms with Gasteiger partial charge in [-0.2, -0.15) is 4.98 Å². The topological polar surface area (TPSA) is 120 Å². The fourth-order valence-corrected chi connectivity index (χ4v) is 4.84. The number of hydrogen-bond acceptors (Lipinski definition) is 8. The van der Waals surface area contributed by atoms with Crippen LogP contribution < -0.4 is 9.64 Å². The van der Waals surface area contributed by atoms with Crippen LogP contribution in [-0.2, 0) is 16.0 Å². The number of carbonyl (C=O) groups is 2. The lowest BCUT2D eigenvalue weighted by Crippen LogP contribution is -2.35. The minimum absolute atomic E-state index is 0.0342. The molecule has 0 spiro atoms. The zero-order chi connectivity index (χ0) is 30.6. The number of carboxylic acid groups (broad SMARTS) is 1. The van der Waals surface area contributed by atoms with Crippen molar-refractivity contribution in [3.63, 3.8) is 0 Å². The summed E-state index contributed by atoms with van der Waals surface area (Å²) in [6.07, 6.45) is 4.37. The van der Waals surface area contributed by atoms with E-state index in [2.05, 4.69) is 14.9 Å². The lowest BCUT2D eigenvalue weighted by atomic mass is 10.1. The second kappa shape index (κ2) is 12.6. The molecule has 43 heavy (non-hydrogen) atoms. The van der Waals surface area contributed by atoms with Gasteiger partial charge in [-0.25, -0.2) is 23.7 Å². The fraction of sp³-hybridized carbons (Fsp3) is 0.344. The normalized spacial score (nSPS) is 13.5. The van der Waals surface area contributed by atoms with Crippen LogP contribution >= 0.6 is 0 Å². The third kappa shape index (κ3) is 7.35. The van der Waals surface area contributed by atoms with Gasteiger partial charge < -0.3 is 19.5 Å². The molecule has 3 heterocycles. The van der Waals surface area contributed by atoms with Crippen molar-refractivity contribution in [1.82, 2.24) is 19.5 Å². The maximum Gasteiger partial charge on any atom is 0.422 e. The zero-order valence-corrected chi connectivity index (χ0v) is 24.4. The van der Waals surface area contributed by atoms with Crippen LogP contribution in [0.15, 0.2) is 60.8 Å². The number of carbonyl (C=O) groups excluding carboxylic acids is 1. The summed E-state index contributed by atoms with van der Waals surface area (Å²) in [4.78, 5) is 40.6. The molecule has 4 aromatic rings. The molecule has 0 radical (unpaired) electrons. The van der Waals surface area contributed by atoms with Crippen LogP contribution in [0.1, 0.15) is 52.0 Å². The van der Waals surface area contributed by atoms with Gasteiger partial charge in [0.05, 0.1) is 5.69 Å². The highest BCUT2D eigenvalue weighted by molar-refractivity contribution is 5.89. The van der Waals surface area contributed by atoms with Gasteiger partial charge in [-0.1, -0.05) is 12.1 Å². The van der Waals surface area contributed by atoms with Gasteiger partial charge in [0.2, 0.25) is 5.95 Å². The molecule has 1 aliphatic heterocycles. The number of hydrogen-bond donors (Lipinski definition) is 1. The number of aliphatic carboxylic acids is 1. The third-order valence-corrected chi connectivity index (χ3v) is 6.83. The molecular weight excluding hydrogens is 553 g/mol. The number of aryl methyl sites for hydroxylation is 1. The van der Waals surface area contributed by atoms with Crippen molar-refractivity contribution in [3.8, 4) is 34.4 Å². The average molecular weight is 588 g/mol. The van der Waals surface area contributed by atoms with Gasteiger partial charge in [0.15, 0.2) is 0 Å². The van der Waals surface area contributed by atoms with Crippen LogP contribution in [-0.4, -0.2) is 55.4 Å². The molecular formula is C32H34FN5O5. The highest BCUT2D eigenvalue weighted by Gasteiger charge is 2.32. The summed E-state index contributed by atoms with van der Waals surface area (Å²) in [6.45, 7) is 6.84. The Bertz CT molecular complexity index is 1590. The van der Waals surface area contributed by atoms with E-state index in [4.69, 9.17) is 19.6 Å². The summed E-state index contributed by atoms with van der Waals surface area (Å²) >= 11 is 0. The number of halogens is 1. The Balaban J connectivity index is 1.59. The van der Waals surface area contributed by atoms with Gasteiger partial charge >= 0.3 is 18.1 Å². The van der Waals surface area contributed by atoms with E-state index in [9.17, 15) is 14.0 Å². The fourth-order valence-electron chi connectivity index (χ4n) is 4.84. The summed E-state index contributed by atoms with van der Waals surface area (Å²) in [7, 11) is 0. The lowest BCUT2D eigenvalue weighted by Gasteiger charge is -2.29. The molecule has 5 rings (SSSR count). The molecule has 10 nitrogen and oxygen atoms in total. The van der Waals surface area contributed by atoms with E-state index in [1.54, 1.807) is 63.2 Å². The van der Waals surface area contributed by atoms with Gasteiger partial charge in [0.25, 0.3) is 0 Å². The number of nitrogens with zero attached hydrogens (tertiary/aromatic N) is 5. The molecule has 2 aromatic heterocycles. The second-order valence-corrected chi connectivity index (χ2v) is 11.3. The Labute approximate surface area is 249 Å². The molecule has 1 fully saturated rings. The summed E-state index contributed by atoms with van der Waals surface area (Å²) in [6, 6.07) is 14.6. The molecule has 11 heteroatoms. The average Bonchev–Trinajstić information content (AvgIpc) is 3.38. The largest absolute Gasteiger partial charge is 0.481 e. The van der Waals surface area contributed by atoms with E-state index in [1.165, 1.54) is 22.9 Å². The summed E-state index contributed by atoms with van der Waals surface area (Å²) < 4.78 is 27.1. The summed E-state index contributed by atoms with van der Waals surface area (Å²) in [5, 5.41) is 8.94. The predicted molar refractivity (Wildman–Crippen MR) is 159 cm³/mol. The molecule has 0 amide bonds. The number of anilines is 1. The van der Waals surface area contributed by atoms with Gasteiger partial charge in [0.1, 0.15) is 28.6 Å². The smallest absolute Gasteiger partial charge is 0.422 e. The van der Waals surface area contributed by atoms with Crippen LogP contribution in [0.3, 0.4) is 0 Å². The number of aromatic nitrogens is 4. The highest BCUT2D eigenvalue weighted by atomic mass is 19.1. The van der Waals surface area contributed by atoms with Crippen molar-refractivity contribution in [3.05, 3.63) is 72.2 Å². The third-order valence-electron chi connectivity index (χ3n) is 6.83. The van der Waals surface area contributed by atoms with Crippen molar-refractivity contribution >= 4 is 18.0 Å². The lowest BCUT2D eigenvalue weighted by molar-refractivity contribution is -0.136. The number of piperidine rings is 1. The van der Waals surface area contributed by atoms with Crippen LogP contribution in [0.5, 0.6) is 11.8 Å². The Morgan fingerprint density at radius 3 is 2.30 bits per heavy atom. The number of benzene rings is 2. The number of carboxylic acids is 1. The van der Waals surface area contributed by atoms with Gasteiger partial charge in [-0.05, 0) is 94.5 Å². The van der Waals surface area contributed by atoms with Crippen molar-refractivity contribution in [1.29, 1.82) is 0 Å². The summed E-state index contributed by atoms with van der Waals surface area (Å²) in [5.41, 5.74) is 1.88. The van der Waals surface area contributed by atoms with Gasteiger partial charge in [-0.15, -0.1) is 0 Å². The highest BCUT2D eigenvalue weighted by Crippen LogP contribution is 2.37. The first-order valence-electron chi connectivity index (χ1n) is 14.3. The zero-order valence-electron chi connectivity index (χ0n) is 24.4. The first-order valence-corrected chi connectivity index (χ1v) is 14.3. The van der Waals surface area contributed by atoms with Gasteiger partial charge in [-0.3, -0.25) is 4.79 Å². The standard InChI is InChI=1S/C32H34FN5O5/c1-32(2,3)43-31(41)38-28(27(22-10-12-23(33)13-11-22)36-30(38)37-19-5-4-6-20-37)25-17-18-34-29(35-25)42-24-14-7-21(8-15-24)9-16-26(39)40/h7-8,10-15,17-18H,4-6,9,16,19-20H2,1-3H3,(H,39,40). The predicted octanol–water partition coefficient (Wildman–Crippen LogP) is 6.73. The van der Waals surface area contributed by atoms with E-state index < -0.39 is 17.7 Å². The number of imidazole rings is 1. The van der Waals surface area contributed by atoms with E-state index in [0.717, 1.165) is 37.9 Å². The van der Waals surface area contributed by atoms with E-state index in [1.807, 2.05) is 0 Å². The Kier molecular flexibility index (Phi) is 8.70. The molecule has 0 saturated carbocycles. The van der Waals surface area contributed by atoms with Crippen molar-refractivity contribution in [2.75, 3.05) is 18.0 Å². The monoisotopic (exact) mass is 587 g/mol.